The maximum Gasteiger partial charge on any atom is 0.326 e. The molecule has 2 N–H and O–H groups in total. The van der Waals surface area contributed by atoms with E-state index in [9.17, 15) is 14.7 Å². The van der Waals surface area contributed by atoms with Gasteiger partial charge in [-0.15, -0.1) is 0 Å². The summed E-state index contributed by atoms with van der Waals surface area (Å²) in [5, 5.41) is 18.6. The molecule has 5 heteroatoms. The third-order valence-corrected chi connectivity index (χ3v) is 3.49. The lowest BCUT2D eigenvalue weighted by molar-refractivity contribution is -0.143. The number of aryl methyl sites for hydroxylation is 1. The van der Waals surface area contributed by atoms with Gasteiger partial charge in [0.05, 0.1) is 0 Å². The number of carboxylic acid groups (broad SMARTS) is 1. The molecule has 19 heavy (non-hydrogen) atoms. The second-order valence-electron chi connectivity index (χ2n) is 4.85. The molecule has 0 bridgehead atoms. The van der Waals surface area contributed by atoms with Crippen LogP contribution in [0.25, 0.3) is 0 Å². The first-order chi connectivity index (χ1) is 9.00. The molecule has 0 saturated carbocycles. The first kappa shape index (κ1) is 13.4. The summed E-state index contributed by atoms with van der Waals surface area (Å²) in [4.78, 5) is 25.0. The molecule has 1 aliphatic heterocycles. The maximum atomic E-state index is 12.4. The van der Waals surface area contributed by atoms with Crippen LogP contribution in [0.15, 0.2) is 18.2 Å². The number of likely N-dealkylation sites (tertiary alicyclic amines) is 1. The van der Waals surface area contributed by atoms with Crippen molar-refractivity contribution in [3.05, 3.63) is 29.3 Å². The molecule has 0 unspecified atom stereocenters. The predicted octanol–water partition coefficient (Wildman–Crippen LogP) is 1.78. The van der Waals surface area contributed by atoms with Crippen LogP contribution in [0, 0.1) is 6.92 Å². The van der Waals surface area contributed by atoms with Gasteiger partial charge in [0.1, 0.15) is 11.8 Å². The van der Waals surface area contributed by atoms with Gasteiger partial charge in [-0.05, 0) is 49.9 Å². The zero-order chi connectivity index (χ0) is 14.0. The van der Waals surface area contributed by atoms with E-state index in [0.717, 1.165) is 12.8 Å². The molecule has 0 aliphatic carbocycles. The van der Waals surface area contributed by atoms with Crippen LogP contribution in [0.4, 0.5) is 0 Å². The van der Waals surface area contributed by atoms with Gasteiger partial charge in [0.15, 0.2) is 0 Å². The lowest BCUT2D eigenvalue weighted by Gasteiger charge is -2.33. The number of carbonyl (C=O) groups excluding carboxylic acids is 1. The molecule has 0 radical (unpaired) electrons. The highest BCUT2D eigenvalue weighted by molar-refractivity contribution is 5.97. The van der Waals surface area contributed by atoms with Gasteiger partial charge in [-0.1, -0.05) is 0 Å². The van der Waals surface area contributed by atoms with Crippen molar-refractivity contribution in [2.75, 3.05) is 6.54 Å². The van der Waals surface area contributed by atoms with Gasteiger partial charge in [0, 0.05) is 12.1 Å². The molecule has 1 aromatic rings. The number of piperidine rings is 1. The van der Waals surface area contributed by atoms with Crippen molar-refractivity contribution in [2.45, 2.75) is 32.2 Å². The van der Waals surface area contributed by atoms with Gasteiger partial charge in [0.2, 0.25) is 0 Å². The van der Waals surface area contributed by atoms with Crippen molar-refractivity contribution in [2.24, 2.45) is 0 Å². The smallest absolute Gasteiger partial charge is 0.326 e. The number of amides is 1. The first-order valence-electron chi connectivity index (χ1n) is 6.34. The van der Waals surface area contributed by atoms with Crippen LogP contribution in [0.3, 0.4) is 0 Å². The Morgan fingerprint density at radius 2 is 2.05 bits per heavy atom. The van der Waals surface area contributed by atoms with E-state index in [1.165, 1.54) is 17.0 Å². The second-order valence-corrected chi connectivity index (χ2v) is 4.85. The van der Waals surface area contributed by atoms with Gasteiger partial charge in [-0.3, -0.25) is 4.79 Å². The van der Waals surface area contributed by atoms with Gasteiger partial charge in [-0.2, -0.15) is 0 Å². The fraction of sp³-hybridized carbons (Fsp3) is 0.429. The van der Waals surface area contributed by atoms with Crippen LogP contribution in [0.2, 0.25) is 0 Å². The number of rotatable bonds is 2. The molecule has 1 heterocycles. The summed E-state index contributed by atoms with van der Waals surface area (Å²) in [6.45, 7) is 2.17. The monoisotopic (exact) mass is 263 g/mol. The summed E-state index contributed by atoms with van der Waals surface area (Å²) in [6.07, 6.45) is 2.15. The molecule has 1 fully saturated rings. The maximum absolute atomic E-state index is 12.4. The third-order valence-electron chi connectivity index (χ3n) is 3.49. The SMILES string of the molecule is Cc1cc(C(=O)N2CCCC[C@H]2C(=O)O)ccc1O. The second kappa shape index (κ2) is 5.30. The van der Waals surface area contributed by atoms with E-state index in [1.54, 1.807) is 13.0 Å². The number of hydrogen-bond acceptors (Lipinski definition) is 3. The van der Waals surface area contributed by atoms with E-state index >= 15 is 0 Å². The standard InChI is InChI=1S/C14H17NO4/c1-9-8-10(5-6-12(9)16)13(17)15-7-3-2-4-11(15)14(18)19/h5-6,8,11,16H,2-4,7H2,1H3,(H,18,19)/t11-/m0/s1. The van der Waals surface area contributed by atoms with Crippen molar-refractivity contribution in [1.82, 2.24) is 4.90 Å². The Morgan fingerprint density at radius 3 is 2.68 bits per heavy atom. The fourth-order valence-corrected chi connectivity index (χ4v) is 2.39. The van der Waals surface area contributed by atoms with Crippen molar-refractivity contribution in [3.63, 3.8) is 0 Å². The van der Waals surface area contributed by atoms with E-state index < -0.39 is 12.0 Å². The largest absolute Gasteiger partial charge is 0.508 e. The number of carbonyl (C=O) groups is 2. The molecule has 0 aromatic heterocycles. The van der Waals surface area contributed by atoms with Crippen LogP contribution in [-0.2, 0) is 4.79 Å². The Balaban J connectivity index is 2.26. The molecule has 1 saturated heterocycles. The van der Waals surface area contributed by atoms with Crippen molar-refractivity contribution in [1.29, 1.82) is 0 Å². The van der Waals surface area contributed by atoms with E-state index in [2.05, 4.69) is 0 Å². The number of carboxylic acids is 1. The Hall–Kier alpha value is -2.04. The summed E-state index contributed by atoms with van der Waals surface area (Å²) in [7, 11) is 0. The van der Waals surface area contributed by atoms with Crippen LogP contribution in [-0.4, -0.2) is 39.6 Å². The van der Waals surface area contributed by atoms with Gasteiger partial charge >= 0.3 is 5.97 Å². The summed E-state index contributed by atoms with van der Waals surface area (Å²) in [5.41, 5.74) is 1.03. The zero-order valence-electron chi connectivity index (χ0n) is 10.8. The average molecular weight is 263 g/mol. The minimum atomic E-state index is -0.955. The van der Waals surface area contributed by atoms with E-state index in [1.807, 2.05) is 0 Å². The lowest BCUT2D eigenvalue weighted by Crippen LogP contribution is -2.47. The molecule has 1 aliphatic rings. The van der Waals surface area contributed by atoms with Crippen LogP contribution >= 0.6 is 0 Å². The molecule has 0 spiro atoms. The van der Waals surface area contributed by atoms with E-state index in [-0.39, 0.29) is 11.7 Å². The zero-order valence-corrected chi connectivity index (χ0v) is 10.8. The third kappa shape index (κ3) is 2.70. The minimum absolute atomic E-state index is 0.130. The quantitative estimate of drug-likeness (QED) is 0.852. The van der Waals surface area contributed by atoms with Crippen molar-refractivity contribution < 1.29 is 19.8 Å². The number of aliphatic carboxylic acids is 1. The highest BCUT2D eigenvalue weighted by Crippen LogP contribution is 2.22. The molecule has 102 valence electrons. The number of aromatic hydroxyl groups is 1. The Labute approximate surface area is 111 Å². The summed E-state index contributed by atoms with van der Waals surface area (Å²) < 4.78 is 0. The summed E-state index contributed by atoms with van der Waals surface area (Å²) >= 11 is 0. The number of phenols is 1. The molecule has 5 nitrogen and oxygen atoms in total. The van der Waals surface area contributed by atoms with E-state index in [0.29, 0.717) is 24.1 Å². The molecular formula is C14H17NO4. The minimum Gasteiger partial charge on any atom is -0.508 e. The van der Waals surface area contributed by atoms with Crippen molar-refractivity contribution >= 4 is 11.9 Å². The first-order valence-corrected chi connectivity index (χ1v) is 6.34. The molecule has 1 atom stereocenters. The van der Waals surface area contributed by atoms with Gasteiger partial charge in [-0.25, -0.2) is 4.79 Å². The number of hydrogen-bond donors (Lipinski definition) is 2. The fourth-order valence-electron chi connectivity index (χ4n) is 2.39. The summed E-state index contributed by atoms with van der Waals surface area (Å²) in [5.74, 6) is -1.11. The van der Waals surface area contributed by atoms with Gasteiger partial charge < -0.3 is 15.1 Å². The number of phenolic OH excluding ortho intramolecular Hbond substituents is 1. The number of nitrogens with zero attached hydrogens (tertiary/aromatic N) is 1. The molecule has 1 aromatic carbocycles. The number of benzene rings is 1. The van der Waals surface area contributed by atoms with Crippen LogP contribution < -0.4 is 0 Å². The van der Waals surface area contributed by atoms with Gasteiger partial charge in [0.25, 0.3) is 5.91 Å². The predicted molar refractivity (Wildman–Crippen MR) is 69.2 cm³/mol. The molecule has 2 rings (SSSR count). The molecular weight excluding hydrogens is 246 g/mol. The lowest BCUT2D eigenvalue weighted by atomic mass is 10.0. The normalized spacial score (nSPS) is 19.2. The van der Waals surface area contributed by atoms with Crippen molar-refractivity contribution in [3.8, 4) is 5.75 Å². The topological polar surface area (TPSA) is 77.8 Å². The van der Waals surface area contributed by atoms with E-state index in [4.69, 9.17) is 5.11 Å². The highest BCUT2D eigenvalue weighted by Gasteiger charge is 2.32. The van der Waals surface area contributed by atoms with Crippen LogP contribution in [0.1, 0.15) is 35.2 Å². The average Bonchev–Trinajstić information content (AvgIpc) is 2.41. The summed E-state index contributed by atoms with van der Waals surface area (Å²) in [6, 6.07) is 3.83. The molecule has 1 amide bonds. The Kier molecular flexibility index (Phi) is 3.74. The highest BCUT2D eigenvalue weighted by atomic mass is 16.4. The Morgan fingerprint density at radius 1 is 1.32 bits per heavy atom. The van der Waals surface area contributed by atoms with Crippen LogP contribution in [0.5, 0.6) is 5.75 Å². The Bertz CT molecular complexity index is 512.